The lowest BCUT2D eigenvalue weighted by atomic mass is 10.1. The van der Waals surface area contributed by atoms with Crippen LogP contribution in [0.4, 0.5) is 5.82 Å². The fourth-order valence-electron chi connectivity index (χ4n) is 2.29. The Kier molecular flexibility index (Phi) is 5.34. The Morgan fingerprint density at radius 2 is 1.95 bits per heavy atom. The van der Waals surface area contributed by atoms with Crippen LogP contribution in [-0.2, 0) is 6.42 Å². The number of hydrogen-bond acceptors (Lipinski definition) is 3. The molecule has 2 aromatic rings. The molecule has 0 aliphatic heterocycles. The Morgan fingerprint density at radius 3 is 2.57 bits per heavy atom. The average molecular weight is 348 g/mol. The minimum absolute atomic E-state index is 0.577. The highest BCUT2D eigenvalue weighted by Crippen LogP contribution is 2.25. The van der Waals surface area contributed by atoms with Crippen molar-refractivity contribution in [1.82, 2.24) is 9.97 Å². The molecule has 1 aromatic carbocycles. The summed E-state index contributed by atoms with van der Waals surface area (Å²) in [5, 5.41) is 3.30. The summed E-state index contributed by atoms with van der Waals surface area (Å²) in [7, 11) is 0. The third-order valence-electron chi connectivity index (χ3n) is 3.18. The van der Waals surface area contributed by atoms with Gasteiger partial charge in [0.2, 0.25) is 0 Å². The van der Waals surface area contributed by atoms with Crippen LogP contribution in [0.1, 0.15) is 32.0 Å². The molecule has 0 unspecified atom stereocenters. The second-order valence-corrected chi connectivity index (χ2v) is 6.57. The Bertz CT molecular complexity index is 623. The third kappa shape index (κ3) is 4.27. The minimum Gasteiger partial charge on any atom is -0.370 e. The van der Waals surface area contributed by atoms with Crippen molar-refractivity contribution in [3.8, 4) is 11.4 Å². The van der Waals surface area contributed by atoms with Crippen molar-refractivity contribution in [2.45, 2.75) is 34.1 Å². The smallest absolute Gasteiger partial charge is 0.162 e. The van der Waals surface area contributed by atoms with Crippen LogP contribution < -0.4 is 5.32 Å². The summed E-state index contributed by atoms with van der Waals surface area (Å²) in [5.41, 5.74) is 3.35. The first-order valence-corrected chi connectivity index (χ1v) is 8.17. The molecule has 0 spiro atoms. The quantitative estimate of drug-likeness (QED) is 0.840. The van der Waals surface area contributed by atoms with Crippen LogP contribution in [0.5, 0.6) is 0 Å². The monoisotopic (exact) mass is 347 g/mol. The van der Waals surface area contributed by atoms with E-state index >= 15 is 0 Å². The number of halogens is 1. The second kappa shape index (κ2) is 7.03. The van der Waals surface area contributed by atoms with Crippen molar-refractivity contribution < 1.29 is 0 Å². The van der Waals surface area contributed by atoms with Crippen molar-refractivity contribution in [3.05, 3.63) is 40.0 Å². The van der Waals surface area contributed by atoms with E-state index in [9.17, 15) is 0 Å². The van der Waals surface area contributed by atoms with E-state index in [1.807, 2.05) is 6.07 Å². The zero-order chi connectivity index (χ0) is 15.4. The number of anilines is 1. The molecule has 3 nitrogen and oxygen atoms in total. The van der Waals surface area contributed by atoms with Crippen LogP contribution in [0, 0.1) is 12.8 Å². The maximum atomic E-state index is 4.75. The molecular weight excluding hydrogens is 326 g/mol. The minimum atomic E-state index is 0.577. The van der Waals surface area contributed by atoms with Gasteiger partial charge in [-0.3, -0.25) is 0 Å². The summed E-state index contributed by atoms with van der Waals surface area (Å²) in [5.74, 6) is 2.28. The van der Waals surface area contributed by atoms with Gasteiger partial charge in [-0.25, -0.2) is 9.97 Å². The molecule has 0 radical (unpaired) electrons. The molecule has 112 valence electrons. The van der Waals surface area contributed by atoms with Gasteiger partial charge < -0.3 is 5.32 Å². The van der Waals surface area contributed by atoms with Gasteiger partial charge in [-0.15, -0.1) is 0 Å². The summed E-state index contributed by atoms with van der Waals surface area (Å²) in [6.45, 7) is 9.44. The van der Waals surface area contributed by atoms with Gasteiger partial charge in [-0.1, -0.05) is 29.8 Å². The molecule has 1 aromatic heterocycles. The van der Waals surface area contributed by atoms with Gasteiger partial charge in [0.1, 0.15) is 5.82 Å². The number of rotatable bonds is 5. The highest BCUT2D eigenvalue weighted by Gasteiger charge is 2.10. The van der Waals surface area contributed by atoms with Crippen LogP contribution in [-0.4, -0.2) is 16.5 Å². The van der Waals surface area contributed by atoms with E-state index in [2.05, 4.69) is 72.1 Å². The predicted octanol–water partition coefficient (Wildman–Crippen LogP) is 4.84. The lowest BCUT2D eigenvalue weighted by molar-refractivity contribution is 0.635. The summed E-state index contributed by atoms with van der Waals surface area (Å²) >= 11 is 3.50. The van der Waals surface area contributed by atoms with Crippen molar-refractivity contribution in [3.63, 3.8) is 0 Å². The summed E-state index contributed by atoms with van der Waals surface area (Å²) in [6, 6.07) is 8.26. The van der Waals surface area contributed by atoms with Gasteiger partial charge >= 0.3 is 0 Å². The van der Waals surface area contributed by atoms with Gasteiger partial charge in [0.05, 0.1) is 0 Å². The topological polar surface area (TPSA) is 37.8 Å². The van der Waals surface area contributed by atoms with E-state index in [0.717, 1.165) is 40.3 Å². The largest absolute Gasteiger partial charge is 0.370 e. The van der Waals surface area contributed by atoms with Gasteiger partial charge in [0.15, 0.2) is 5.82 Å². The standard InChI is InChI=1S/C17H22BrN3/c1-5-19-16-10-14(8-11(2)3)20-17(21-16)15-7-6-13(18)9-12(15)4/h6-7,9-11H,5,8H2,1-4H3,(H,19,20,21). The number of nitrogens with one attached hydrogen (secondary N) is 1. The maximum Gasteiger partial charge on any atom is 0.162 e. The van der Waals surface area contributed by atoms with Crippen LogP contribution in [0.3, 0.4) is 0 Å². The van der Waals surface area contributed by atoms with Crippen molar-refractivity contribution in [2.75, 3.05) is 11.9 Å². The number of aromatic nitrogens is 2. The molecule has 1 heterocycles. The fourth-order valence-corrected chi connectivity index (χ4v) is 2.77. The van der Waals surface area contributed by atoms with E-state index in [1.165, 1.54) is 5.56 Å². The molecule has 1 N–H and O–H groups in total. The SMILES string of the molecule is CCNc1cc(CC(C)C)nc(-c2ccc(Br)cc2C)n1. The Hall–Kier alpha value is -1.42. The molecule has 0 aliphatic carbocycles. The van der Waals surface area contributed by atoms with Crippen molar-refractivity contribution >= 4 is 21.7 Å². The van der Waals surface area contributed by atoms with Gasteiger partial charge in [0, 0.05) is 28.3 Å². The molecule has 0 saturated carbocycles. The van der Waals surface area contributed by atoms with Crippen LogP contribution >= 0.6 is 15.9 Å². The number of hydrogen-bond donors (Lipinski definition) is 1. The van der Waals surface area contributed by atoms with Crippen molar-refractivity contribution in [2.24, 2.45) is 5.92 Å². The summed E-state index contributed by atoms with van der Waals surface area (Å²) in [6.07, 6.45) is 0.962. The second-order valence-electron chi connectivity index (χ2n) is 5.66. The molecule has 0 fully saturated rings. The highest BCUT2D eigenvalue weighted by molar-refractivity contribution is 9.10. The fraction of sp³-hybridized carbons (Fsp3) is 0.412. The third-order valence-corrected chi connectivity index (χ3v) is 3.68. The van der Waals surface area contributed by atoms with Crippen LogP contribution in [0.25, 0.3) is 11.4 Å². The summed E-state index contributed by atoms with van der Waals surface area (Å²) < 4.78 is 1.08. The molecule has 2 rings (SSSR count). The van der Waals surface area contributed by atoms with E-state index < -0.39 is 0 Å². The molecular formula is C17H22BrN3. The first-order valence-electron chi connectivity index (χ1n) is 7.38. The van der Waals surface area contributed by atoms with Gasteiger partial charge in [0.25, 0.3) is 0 Å². The van der Waals surface area contributed by atoms with Gasteiger partial charge in [-0.05, 0) is 49.9 Å². The molecule has 21 heavy (non-hydrogen) atoms. The molecule has 4 heteroatoms. The Labute approximate surface area is 135 Å². The Morgan fingerprint density at radius 1 is 1.19 bits per heavy atom. The number of nitrogens with zero attached hydrogens (tertiary/aromatic N) is 2. The lowest BCUT2D eigenvalue weighted by Crippen LogP contribution is -2.06. The predicted molar refractivity (Wildman–Crippen MR) is 92.6 cm³/mol. The normalized spacial score (nSPS) is 11.0. The van der Waals surface area contributed by atoms with Gasteiger partial charge in [-0.2, -0.15) is 0 Å². The molecule has 0 atom stereocenters. The average Bonchev–Trinajstić information content (AvgIpc) is 2.37. The zero-order valence-corrected chi connectivity index (χ0v) is 14.7. The molecule has 0 amide bonds. The molecule has 0 saturated heterocycles. The van der Waals surface area contributed by atoms with E-state index in [1.54, 1.807) is 0 Å². The zero-order valence-electron chi connectivity index (χ0n) is 13.1. The molecule has 0 bridgehead atoms. The number of benzene rings is 1. The first kappa shape index (κ1) is 16.0. The summed E-state index contributed by atoms with van der Waals surface area (Å²) in [4.78, 5) is 9.40. The van der Waals surface area contributed by atoms with Crippen LogP contribution in [0.2, 0.25) is 0 Å². The van der Waals surface area contributed by atoms with Crippen LogP contribution in [0.15, 0.2) is 28.7 Å². The van der Waals surface area contributed by atoms with Crippen molar-refractivity contribution in [1.29, 1.82) is 0 Å². The van der Waals surface area contributed by atoms with E-state index in [4.69, 9.17) is 4.98 Å². The number of aryl methyl sites for hydroxylation is 1. The van der Waals surface area contributed by atoms with E-state index in [-0.39, 0.29) is 0 Å². The molecule has 0 aliphatic rings. The Balaban J connectivity index is 2.48. The first-order chi connectivity index (χ1) is 9.99. The maximum absolute atomic E-state index is 4.75. The lowest BCUT2D eigenvalue weighted by Gasteiger charge is -2.12. The highest BCUT2D eigenvalue weighted by atomic mass is 79.9. The van der Waals surface area contributed by atoms with E-state index in [0.29, 0.717) is 5.92 Å².